The van der Waals surface area contributed by atoms with Crippen LogP contribution in [0.25, 0.3) is 0 Å². The first-order chi connectivity index (χ1) is 29.6. The van der Waals surface area contributed by atoms with Gasteiger partial charge in [0.1, 0.15) is 54.4 Å². The van der Waals surface area contributed by atoms with Gasteiger partial charge in [-0.25, -0.2) is 18.8 Å². The largest absolute Gasteiger partial charge is 0.481 e. The fourth-order valence-electron chi connectivity index (χ4n) is 7.35. The maximum Gasteiger partial charge on any atom is 0.473 e. The van der Waals surface area contributed by atoms with Crippen molar-refractivity contribution in [3.8, 4) is 0 Å². The van der Waals surface area contributed by atoms with E-state index in [1.807, 2.05) is 35.0 Å². The van der Waals surface area contributed by atoms with Crippen molar-refractivity contribution in [2.75, 3.05) is 29.2 Å². The predicted molar refractivity (Wildman–Crippen MR) is 213 cm³/mol. The summed E-state index contributed by atoms with van der Waals surface area (Å²) in [4.78, 5) is 78.1. The van der Waals surface area contributed by atoms with Gasteiger partial charge in [0.25, 0.3) is 5.91 Å². The van der Waals surface area contributed by atoms with Gasteiger partial charge < -0.3 is 71.6 Å². The SMILES string of the molecule is CC1[C@H]2[C@H](C)Nc3nc(N)[nH]c(=O)c3[N+]2=CN1c1ccc(C[C@H](O)[C@H](O)[C@H](O)CO[C@H]2O[C@H](COP(=O)(O)O[C@@H](CCC(=O)O)C(=O)N[C@@H](CCC(=O)O)C(=O)O)[C@@H](O)[C@H]2O)cc1. The molecule has 3 aliphatic heterocycles. The smallest absolute Gasteiger partial charge is 0.473 e. The molecule has 1 fully saturated rings. The highest BCUT2D eigenvalue weighted by Gasteiger charge is 2.49. The summed E-state index contributed by atoms with van der Waals surface area (Å²) in [7, 11) is -5.33. The molecule has 0 aliphatic carbocycles. The molecular formula is C36H51N7O19P+. The molecule has 0 bridgehead atoms. The second-order valence-electron chi connectivity index (χ2n) is 15.2. The van der Waals surface area contributed by atoms with E-state index in [1.165, 1.54) is 0 Å². The summed E-state index contributed by atoms with van der Waals surface area (Å²) in [6, 6.07) is 4.88. The Hall–Kier alpha value is -5.12. The fourth-order valence-corrected chi connectivity index (χ4v) is 8.26. The number of nitrogens with zero attached hydrogens (tertiary/aromatic N) is 3. The Bertz CT molecular complexity index is 2130. The molecule has 27 heteroatoms. The van der Waals surface area contributed by atoms with Gasteiger partial charge in [-0.15, -0.1) is 0 Å². The number of hydrogen-bond acceptors (Lipinski definition) is 19. The van der Waals surface area contributed by atoms with Crippen molar-refractivity contribution in [2.45, 2.75) is 119 Å². The first kappa shape index (κ1) is 48.9. The van der Waals surface area contributed by atoms with Crippen LogP contribution in [0.2, 0.25) is 0 Å². The molecule has 4 heterocycles. The number of carbonyl (C=O) groups excluding carboxylic acids is 1. The number of rotatable bonds is 22. The Kier molecular flexibility index (Phi) is 16.0. The maximum absolute atomic E-state index is 12.8. The molecule has 348 valence electrons. The lowest BCUT2D eigenvalue weighted by Crippen LogP contribution is -2.49. The molecule has 2 unspecified atom stereocenters. The monoisotopic (exact) mass is 916 g/mol. The topological polar surface area (TPSA) is 406 Å². The molecule has 1 aromatic carbocycles. The van der Waals surface area contributed by atoms with E-state index >= 15 is 0 Å². The van der Waals surface area contributed by atoms with E-state index in [0.29, 0.717) is 17.1 Å². The molecule has 1 amide bonds. The Morgan fingerprint density at radius 1 is 1.02 bits per heavy atom. The van der Waals surface area contributed by atoms with Crippen LogP contribution in [0.1, 0.15) is 45.1 Å². The second kappa shape index (κ2) is 20.6. The van der Waals surface area contributed by atoms with E-state index in [4.69, 9.17) is 34.5 Å². The molecule has 63 heavy (non-hydrogen) atoms. The van der Waals surface area contributed by atoms with Gasteiger partial charge in [0.2, 0.25) is 18.0 Å². The molecule has 5 rings (SSSR count). The number of carboxylic acids is 3. The fraction of sp³-hybridized carbons (Fsp3) is 0.583. The molecule has 2 aromatic rings. The Balaban J connectivity index is 1.11. The van der Waals surface area contributed by atoms with Gasteiger partial charge in [-0.3, -0.25) is 33.2 Å². The summed E-state index contributed by atoms with van der Waals surface area (Å²) in [5.74, 6) is -5.51. The minimum absolute atomic E-state index is 0.0130. The molecule has 3 aliphatic rings. The van der Waals surface area contributed by atoms with E-state index in [9.17, 15) is 64.1 Å². The first-order valence-electron chi connectivity index (χ1n) is 19.5. The van der Waals surface area contributed by atoms with Crippen molar-refractivity contribution >= 4 is 61.1 Å². The summed E-state index contributed by atoms with van der Waals surface area (Å²) >= 11 is 0. The number of aromatic amines is 1. The number of carbonyl (C=O) groups is 4. The quantitative estimate of drug-likeness (QED) is 0.0414. The van der Waals surface area contributed by atoms with Gasteiger partial charge in [-0.05, 0) is 44.4 Å². The van der Waals surface area contributed by atoms with Crippen LogP contribution in [0.3, 0.4) is 0 Å². The second-order valence-corrected chi connectivity index (χ2v) is 16.6. The van der Waals surface area contributed by atoms with Gasteiger partial charge in [-0.2, -0.15) is 4.98 Å². The third-order valence-corrected chi connectivity index (χ3v) is 11.6. The summed E-state index contributed by atoms with van der Waals surface area (Å²) in [6.45, 7) is 2.23. The van der Waals surface area contributed by atoms with Crippen LogP contribution in [0.5, 0.6) is 0 Å². The Morgan fingerprint density at radius 3 is 2.30 bits per heavy atom. The molecule has 1 aromatic heterocycles. The van der Waals surface area contributed by atoms with Crippen LogP contribution >= 0.6 is 7.82 Å². The highest BCUT2D eigenvalue weighted by Crippen LogP contribution is 2.46. The number of aliphatic carboxylic acids is 3. The summed E-state index contributed by atoms with van der Waals surface area (Å²) in [5, 5.41) is 85.4. The van der Waals surface area contributed by atoms with Crippen LogP contribution < -0.4 is 26.8 Å². The number of fused-ring (bicyclic) bond motifs is 3. The minimum Gasteiger partial charge on any atom is -0.481 e. The number of hydrogen-bond donors (Lipinski definition) is 13. The van der Waals surface area contributed by atoms with Crippen molar-refractivity contribution in [3.63, 3.8) is 0 Å². The van der Waals surface area contributed by atoms with Crippen molar-refractivity contribution in [1.29, 1.82) is 0 Å². The Labute approximate surface area is 357 Å². The number of H-pyrrole nitrogens is 1. The average Bonchev–Trinajstić information content (AvgIpc) is 3.69. The normalized spacial score (nSPS) is 26.2. The van der Waals surface area contributed by atoms with Crippen LogP contribution in [0, 0.1) is 0 Å². The van der Waals surface area contributed by atoms with E-state index in [-0.39, 0.29) is 30.5 Å². The summed E-state index contributed by atoms with van der Waals surface area (Å²) in [5.41, 5.74) is 7.02. The van der Waals surface area contributed by atoms with E-state index < -0.39 is 131 Å². The van der Waals surface area contributed by atoms with Crippen molar-refractivity contribution < 1.29 is 92.6 Å². The van der Waals surface area contributed by atoms with E-state index in [1.54, 1.807) is 24.3 Å². The van der Waals surface area contributed by atoms with Crippen molar-refractivity contribution in [1.82, 2.24) is 15.3 Å². The number of phosphoric ester groups is 1. The van der Waals surface area contributed by atoms with Gasteiger partial charge in [-0.1, -0.05) is 12.1 Å². The van der Waals surface area contributed by atoms with Crippen LogP contribution in [-0.2, 0) is 48.7 Å². The van der Waals surface area contributed by atoms with Crippen LogP contribution in [0.4, 0.5) is 23.1 Å². The lowest BCUT2D eigenvalue weighted by molar-refractivity contribution is -0.479. The number of aliphatic hydroxyl groups excluding tert-OH is 5. The van der Waals surface area contributed by atoms with Gasteiger partial charge in [0.15, 0.2) is 18.1 Å². The number of phosphoric acid groups is 1. The summed E-state index contributed by atoms with van der Waals surface area (Å²) < 4.78 is 34.9. The van der Waals surface area contributed by atoms with E-state index in [0.717, 1.165) is 5.69 Å². The molecule has 13 atom stereocenters. The van der Waals surface area contributed by atoms with Crippen LogP contribution in [-0.4, -0.2) is 177 Å². The van der Waals surface area contributed by atoms with Crippen molar-refractivity contribution in [2.24, 2.45) is 0 Å². The highest BCUT2D eigenvalue weighted by molar-refractivity contribution is 7.47. The lowest BCUT2D eigenvalue weighted by Gasteiger charge is -2.30. The number of nitrogens with two attached hydrogens (primary N) is 1. The molecule has 26 nitrogen and oxygen atoms in total. The molecule has 0 spiro atoms. The number of nitrogens with one attached hydrogen (secondary N) is 3. The molecule has 0 radical (unpaired) electrons. The molecule has 1 saturated heterocycles. The van der Waals surface area contributed by atoms with E-state index in [2.05, 4.69) is 15.3 Å². The molecular weight excluding hydrogens is 865 g/mol. The number of aromatic nitrogens is 2. The number of ether oxygens (including phenoxy) is 2. The molecule has 0 saturated carbocycles. The number of aliphatic hydroxyl groups is 5. The molecule has 14 N–H and O–H groups in total. The standard InChI is InChI=1S/C36H50N7O19P/c1-15-26-16(2)42(14-43(26)27-31(38-15)40-36(37)41-33(27)54)18-5-3-17(4-6-18)11-20(44)28(50)21(45)12-59-35-30(52)29(51)23(61-35)13-60-63(57,58)62-22(8-10-25(48)49)32(53)39-19(34(55)56)7-9-24(46)47/h3-6,14-16,19-23,26,28-30,35,44-45,50-52H,7-13H2,1-2H3,(H8-,37,38,39,40,41,46,47,48,49,53,54,55,56,57,58)/p+1/t15-,16?,19-,20-,21+,22-,23+,26+,28-,29+,30+,35-/m0/s1. The minimum atomic E-state index is -5.33. The van der Waals surface area contributed by atoms with Gasteiger partial charge in [0.05, 0.1) is 25.4 Å². The third-order valence-electron chi connectivity index (χ3n) is 10.6. The van der Waals surface area contributed by atoms with Gasteiger partial charge >= 0.3 is 31.3 Å². The number of anilines is 3. The zero-order valence-electron chi connectivity index (χ0n) is 33.7. The zero-order valence-corrected chi connectivity index (χ0v) is 34.6. The number of amides is 1. The highest BCUT2D eigenvalue weighted by atomic mass is 31.2. The third kappa shape index (κ3) is 12.1. The number of carboxylic acid groups (broad SMARTS) is 3. The van der Waals surface area contributed by atoms with Crippen molar-refractivity contribution in [3.05, 3.63) is 40.2 Å². The lowest BCUT2D eigenvalue weighted by atomic mass is 9.98. The maximum atomic E-state index is 12.8. The zero-order chi connectivity index (χ0) is 46.5. The first-order valence-corrected chi connectivity index (χ1v) is 21.0. The number of benzene rings is 1. The van der Waals surface area contributed by atoms with Crippen LogP contribution in [0.15, 0.2) is 29.1 Å². The van der Waals surface area contributed by atoms with Gasteiger partial charge in [0, 0.05) is 19.3 Å². The Morgan fingerprint density at radius 2 is 1.67 bits per heavy atom. The predicted octanol–water partition coefficient (Wildman–Crippen LogP) is -2.99. The summed E-state index contributed by atoms with van der Waals surface area (Å²) in [6.07, 6.45) is -15.2. The number of nitrogen functional groups attached to an aromatic ring is 1. The average molecular weight is 917 g/mol.